The smallest absolute Gasteiger partial charge is 0.328 e. The van der Waals surface area contributed by atoms with E-state index in [0.717, 1.165) is 29.6 Å². The monoisotopic (exact) mass is 242 g/mol. The molecule has 0 unspecified atom stereocenters. The maximum atomic E-state index is 10.4. The van der Waals surface area contributed by atoms with Crippen LogP contribution in [0, 0.1) is 0 Å². The van der Waals surface area contributed by atoms with E-state index in [1.807, 2.05) is 35.0 Å². The highest BCUT2D eigenvalue weighted by Crippen LogP contribution is 2.13. The molecule has 0 radical (unpaired) electrons. The van der Waals surface area contributed by atoms with E-state index in [-0.39, 0.29) is 0 Å². The number of carboxylic acids is 1. The average molecular weight is 242 g/mol. The molecule has 0 spiro atoms. The number of hydrogen-bond acceptors (Lipinski definition) is 2. The van der Waals surface area contributed by atoms with Crippen molar-refractivity contribution >= 4 is 12.0 Å². The molecule has 18 heavy (non-hydrogen) atoms. The first kappa shape index (κ1) is 12.1. The fourth-order valence-corrected chi connectivity index (χ4v) is 1.74. The quantitative estimate of drug-likeness (QED) is 0.838. The van der Waals surface area contributed by atoms with Gasteiger partial charge in [-0.3, -0.25) is 0 Å². The molecule has 1 aromatic carbocycles. The summed E-state index contributed by atoms with van der Waals surface area (Å²) in [6.45, 7) is 2.06. The molecular weight excluding hydrogens is 228 g/mol. The standard InChI is InChI=1S/C14H14N2O2/c1-2-13-15-9-10-16(13)12-6-3-11(4-7-12)5-8-14(17)18/h3-10H,2H2,1H3,(H,17,18)/b8-5+. The highest BCUT2D eigenvalue weighted by atomic mass is 16.4. The van der Waals surface area contributed by atoms with Crippen LogP contribution in [-0.4, -0.2) is 20.6 Å². The summed E-state index contributed by atoms with van der Waals surface area (Å²) in [5.41, 5.74) is 1.89. The van der Waals surface area contributed by atoms with Crippen LogP contribution in [-0.2, 0) is 11.2 Å². The van der Waals surface area contributed by atoms with Crippen LogP contribution in [0.2, 0.25) is 0 Å². The Hall–Kier alpha value is -2.36. The van der Waals surface area contributed by atoms with Crippen molar-refractivity contribution in [2.24, 2.45) is 0 Å². The lowest BCUT2D eigenvalue weighted by Crippen LogP contribution is -1.98. The first-order valence-corrected chi connectivity index (χ1v) is 5.74. The summed E-state index contributed by atoms with van der Waals surface area (Å²) in [4.78, 5) is 14.7. The number of nitrogens with zero attached hydrogens (tertiary/aromatic N) is 2. The van der Waals surface area contributed by atoms with Gasteiger partial charge in [-0.2, -0.15) is 0 Å². The van der Waals surface area contributed by atoms with E-state index < -0.39 is 5.97 Å². The highest BCUT2D eigenvalue weighted by molar-refractivity contribution is 5.85. The largest absolute Gasteiger partial charge is 0.478 e. The second-order valence-corrected chi connectivity index (χ2v) is 3.83. The molecule has 0 bridgehead atoms. The SMILES string of the molecule is CCc1nccn1-c1ccc(/C=C/C(=O)O)cc1. The van der Waals surface area contributed by atoms with E-state index in [1.54, 1.807) is 12.3 Å². The summed E-state index contributed by atoms with van der Waals surface area (Å²) < 4.78 is 2.02. The summed E-state index contributed by atoms with van der Waals surface area (Å²) in [7, 11) is 0. The van der Waals surface area contributed by atoms with E-state index in [1.165, 1.54) is 0 Å². The predicted octanol–water partition coefficient (Wildman–Crippen LogP) is 2.53. The lowest BCUT2D eigenvalue weighted by Gasteiger charge is -2.06. The lowest BCUT2D eigenvalue weighted by atomic mass is 10.2. The first-order chi connectivity index (χ1) is 8.70. The summed E-state index contributed by atoms with van der Waals surface area (Å²) in [5.74, 6) is 0.0609. The van der Waals surface area contributed by atoms with Gasteiger partial charge in [0.05, 0.1) is 0 Å². The van der Waals surface area contributed by atoms with Crippen molar-refractivity contribution in [2.75, 3.05) is 0 Å². The summed E-state index contributed by atoms with van der Waals surface area (Å²) in [6.07, 6.45) is 7.26. The molecule has 0 amide bonds. The molecule has 1 heterocycles. The maximum Gasteiger partial charge on any atom is 0.328 e. The summed E-state index contributed by atoms with van der Waals surface area (Å²) >= 11 is 0. The Labute approximate surface area is 105 Å². The van der Waals surface area contributed by atoms with Crippen LogP contribution in [0.4, 0.5) is 0 Å². The van der Waals surface area contributed by atoms with Gasteiger partial charge in [0, 0.05) is 30.6 Å². The molecule has 0 aliphatic carbocycles. The second-order valence-electron chi connectivity index (χ2n) is 3.83. The average Bonchev–Trinajstić information content (AvgIpc) is 2.85. The van der Waals surface area contributed by atoms with E-state index in [2.05, 4.69) is 11.9 Å². The minimum Gasteiger partial charge on any atom is -0.478 e. The van der Waals surface area contributed by atoms with Crippen LogP contribution in [0.5, 0.6) is 0 Å². The fraction of sp³-hybridized carbons (Fsp3) is 0.143. The van der Waals surface area contributed by atoms with Gasteiger partial charge in [-0.1, -0.05) is 19.1 Å². The second kappa shape index (κ2) is 5.31. The number of imidazole rings is 1. The van der Waals surface area contributed by atoms with Crippen LogP contribution < -0.4 is 0 Å². The number of carbonyl (C=O) groups is 1. The van der Waals surface area contributed by atoms with Crippen LogP contribution in [0.1, 0.15) is 18.3 Å². The predicted molar refractivity (Wildman–Crippen MR) is 69.6 cm³/mol. The molecule has 2 aromatic rings. The Morgan fingerprint density at radius 3 is 2.72 bits per heavy atom. The molecule has 0 fully saturated rings. The number of hydrogen-bond donors (Lipinski definition) is 1. The van der Waals surface area contributed by atoms with Crippen LogP contribution >= 0.6 is 0 Å². The molecule has 0 aliphatic rings. The zero-order valence-corrected chi connectivity index (χ0v) is 10.1. The molecule has 92 valence electrons. The molecule has 1 N–H and O–H groups in total. The van der Waals surface area contributed by atoms with Crippen molar-refractivity contribution in [2.45, 2.75) is 13.3 Å². The number of rotatable bonds is 4. The van der Waals surface area contributed by atoms with E-state index in [4.69, 9.17) is 5.11 Å². The molecule has 1 aromatic heterocycles. The third-order valence-electron chi connectivity index (χ3n) is 2.62. The topological polar surface area (TPSA) is 55.1 Å². The van der Waals surface area contributed by atoms with Crippen molar-refractivity contribution in [3.8, 4) is 5.69 Å². The van der Waals surface area contributed by atoms with Crippen molar-refractivity contribution in [3.63, 3.8) is 0 Å². The van der Waals surface area contributed by atoms with Crippen LogP contribution in [0.3, 0.4) is 0 Å². The lowest BCUT2D eigenvalue weighted by molar-refractivity contribution is -0.131. The van der Waals surface area contributed by atoms with Crippen LogP contribution in [0.15, 0.2) is 42.7 Å². The van der Waals surface area contributed by atoms with Crippen molar-refractivity contribution in [3.05, 3.63) is 54.1 Å². The molecular formula is C14H14N2O2. The number of benzene rings is 1. The third-order valence-corrected chi connectivity index (χ3v) is 2.62. The number of aromatic nitrogens is 2. The Morgan fingerprint density at radius 1 is 1.39 bits per heavy atom. The van der Waals surface area contributed by atoms with Crippen molar-refractivity contribution in [1.29, 1.82) is 0 Å². The van der Waals surface area contributed by atoms with Crippen molar-refractivity contribution in [1.82, 2.24) is 9.55 Å². The van der Waals surface area contributed by atoms with Gasteiger partial charge in [-0.15, -0.1) is 0 Å². The molecule has 0 atom stereocenters. The molecule has 0 saturated heterocycles. The van der Waals surface area contributed by atoms with Gasteiger partial charge in [-0.05, 0) is 23.8 Å². The first-order valence-electron chi connectivity index (χ1n) is 5.74. The Bertz CT molecular complexity index is 568. The fourth-order valence-electron chi connectivity index (χ4n) is 1.74. The van der Waals surface area contributed by atoms with Crippen LogP contribution in [0.25, 0.3) is 11.8 Å². The summed E-state index contributed by atoms with van der Waals surface area (Å²) in [6, 6.07) is 7.66. The number of aliphatic carboxylic acids is 1. The molecule has 4 heteroatoms. The minimum atomic E-state index is -0.943. The Morgan fingerprint density at radius 2 is 2.11 bits per heavy atom. The van der Waals surface area contributed by atoms with Gasteiger partial charge in [-0.25, -0.2) is 9.78 Å². The number of aryl methyl sites for hydroxylation is 1. The molecule has 2 rings (SSSR count). The van der Waals surface area contributed by atoms with Crippen molar-refractivity contribution < 1.29 is 9.90 Å². The zero-order chi connectivity index (χ0) is 13.0. The van der Waals surface area contributed by atoms with Gasteiger partial charge < -0.3 is 9.67 Å². The molecule has 0 saturated carbocycles. The summed E-state index contributed by atoms with van der Waals surface area (Å²) in [5, 5.41) is 8.55. The zero-order valence-electron chi connectivity index (χ0n) is 10.1. The number of carboxylic acid groups (broad SMARTS) is 1. The molecule has 4 nitrogen and oxygen atoms in total. The highest BCUT2D eigenvalue weighted by Gasteiger charge is 2.02. The van der Waals surface area contributed by atoms with Gasteiger partial charge in [0.2, 0.25) is 0 Å². The van der Waals surface area contributed by atoms with E-state index in [0.29, 0.717) is 0 Å². The third kappa shape index (κ3) is 2.66. The van der Waals surface area contributed by atoms with Gasteiger partial charge in [0.25, 0.3) is 0 Å². The van der Waals surface area contributed by atoms with E-state index >= 15 is 0 Å². The normalized spacial score (nSPS) is 10.9. The Balaban J connectivity index is 2.25. The van der Waals surface area contributed by atoms with E-state index in [9.17, 15) is 4.79 Å². The minimum absolute atomic E-state index is 0.860. The maximum absolute atomic E-state index is 10.4. The van der Waals surface area contributed by atoms with Gasteiger partial charge >= 0.3 is 5.97 Å². The molecule has 0 aliphatic heterocycles. The Kier molecular flexibility index (Phi) is 3.57. The van der Waals surface area contributed by atoms with Gasteiger partial charge in [0.15, 0.2) is 0 Å². The van der Waals surface area contributed by atoms with Gasteiger partial charge in [0.1, 0.15) is 5.82 Å².